The van der Waals surface area contributed by atoms with E-state index in [4.69, 9.17) is 4.74 Å². The SMILES string of the molecule is CC/C=C(\C)CCC=C(C)C.CCC(O)C(C)(C)C.CCC1OC1(C)C.CCC=C(C)C. The zero-order chi connectivity index (χ0) is 26.0. The van der Waals surface area contributed by atoms with Gasteiger partial charge in [0.1, 0.15) is 0 Å². The summed E-state index contributed by atoms with van der Waals surface area (Å²) in [6.07, 6.45) is 14.0. The van der Waals surface area contributed by atoms with Crippen molar-refractivity contribution >= 4 is 0 Å². The van der Waals surface area contributed by atoms with E-state index in [0.29, 0.717) is 6.10 Å². The van der Waals surface area contributed by atoms with Crippen molar-refractivity contribution in [3.63, 3.8) is 0 Å². The average molecular weight is 453 g/mol. The lowest BCUT2D eigenvalue weighted by Crippen LogP contribution is -2.24. The molecule has 2 atom stereocenters. The van der Waals surface area contributed by atoms with Gasteiger partial charge < -0.3 is 9.84 Å². The van der Waals surface area contributed by atoms with Gasteiger partial charge in [-0.2, -0.15) is 0 Å². The second kappa shape index (κ2) is 19.6. The first-order valence-corrected chi connectivity index (χ1v) is 12.9. The molecule has 0 bridgehead atoms. The Balaban J connectivity index is -0.000000360. The maximum atomic E-state index is 9.19. The van der Waals surface area contributed by atoms with E-state index < -0.39 is 0 Å². The topological polar surface area (TPSA) is 32.8 Å². The molecule has 0 aliphatic carbocycles. The molecule has 0 aromatic rings. The van der Waals surface area contributed by atoms with E-state index in [1.807, 2.05) is 27.7 Å². The molecule has 0 saturated carbocycles. The number of ether oxygens (including phenoxy) is 1. The molecule has 192 valence electrons. The van der Waals surface area contributed by atoms with Crippen LogP contribution in [0.4, 0.5) is 0 Å². The Morgan fingerprint density at radius 3 is 1.47 bits per heavy atom. The summed E-state index contributed by atoms with van der Waals surface area (Å²) in [4.78, 5) is 0. The number of aliphatic hydroxyl groups is 1. The fourth-order valence-electron chi connectivity index (χ4n) is 2.97. The summed E-state index contributed by atoms with van der Waals surface area (Å²) in [5.41, 5.74) is 4.64. The van der Waals surface area contributed by atoms with Crippen LogP contribution in [0.15, 0.2) is 34.9 Å². The van der Waals surface area contributed by atoms with Crippen LogP contribution in [0.5, 0.6) is 0 Å². The fourth-order valence-corrected chi connectivity index (χ4v) is 2.97. The molecular weight excluding hydrogens is 392 g/mol. The van der Waals surface area contributed by atoms with E-state index in [2.05, 4.69) is 87.5 Å². The Bertz CT molecular complexity index is 522. The third-order valence-electron chi connectivity index (χ3n) is 5.18. The highest BCUT2D eigenvalue weighted by Crippen LogP contribution is 2.36. The molecule has 2 nitrogen and oxygen atoms in total. The Morgan fingerprint density at radius 1 is 0.875 bits per heavy atom. The van der Waals surface area contributed by atoms with E-state index in [1.165, 1.54) is 42.4 Å². The molecular formula is C30H60O2. The van der Waals surface area contributed by atoms with Crippen molar-refractivity contribution < 1.29 is 9.84 Å². The van der Waals surface area contributed by atoms with Crippen molar-refractivity contribution in [1.82, 2.24) is 0 Å². The second-order valence-corrected chi connectivity index (χ2v) is 10.9. The monoisotopic (exact) mass is 452 g/mol. The van der Waals surface area contributed by atoms with Crippen LogP contribution in [0.25, 0.3) is 0 Å². The molecule has 0 spiro atoms. The summed E-state index contributed by atoms with van der Waals surface area (Å²) >= 11 is 0. The van der Waals surface area contributed by atoms with Crippen molar-refractivity contribution in [2.24, 2.45) is 5.41 Å². The van der Waals surface area contributed by atoms with Gasteiger partial charge in [-0.3, -0.25) is 0 Å². The highest BCUT2D eigenvalue weighted by Gasteiger charge is 2.45. The fraction of sp³-hybridized carbons (Fsp3) is 0.800. The van der Waals surface area contributed by atoms with Gasteiger partial charge in [0.25, 0.3) is 0 Å². The number of allylic oxidation sites excluding steroid dienone is 6. The van der Waals surface area contributed by atoms with Crippen LogP contribution < -0.4 is 0 Å². The van der Waals surface area contributed by atoms with Crippen molar-refractivity contribution in [1.29, 1.82) is 0 Å². The first-order chi connectivity index (χ1) is 14.6. The first-order valence-electron chi connectivity index (χ1n) is 12.9. The van der Waals surface area contributed by atoms with Crippen LogP contribution >= 0.6 is 0 Å². The summed E-state index contributed by atoms with van der Waals surface area (Å²) in [7, 11) is 0. The van der Waals surface area contributed by atoms with Gasteiger partial charge in [-0.15, -0.1) is 0 Å². The molecule has 1 N–H and O–H groups in total. The third kappa shape index (κ3) is 25.4. The van der Waals surface area contributed by atoms with Gasteiger partial charge in [-0.25, -0.2) is 0 Å². The standard InChI is InChI=1S/C11H20.C7H16O.C6H12O.C6H12/c1-5-7-11(4)9-6-8-10(2)3;1-5-6(8)7(2,3)4;1-4-5-6(2,3)7-5;1-4-5-6(2)3/h7-8H,5-6,9H2,1-4H3;6,8H,5H2,1-4H3;5H,4H2,1-3H3;5H,4H2,1-3H3/b11-7+;;;. The molecule has 0 radical (unpaired) electrons. The van der Waals surface area contributed by atoms with Crippen LogP contribution in [0.3, 0.4) is 0 Å². The number of rotatable bonds is 7. The van der Waals surface area contributed by atoms with E-state index in [1.54, 1.807) is 0 Å². The van der Waals surface area contributed by atoms with Crippen molar-refractivity contribution in [3.8, 4) is 0 Å². The predicted molar refractivity (Wildman–Crippen MR) is 147 cm³/mol. The van der Waals surface area contributed by atoms with Gasteiger partial charge in [-0.05, 0) is 92.4 Å². The normalized spacial score (nSPS) is 17.2. The zero-order valence-corrected chi connectivity index (χ0v) is 24.5. The maximum absolute atomic E-state index is 9.19. The number of hydrogen-bond donors (Lipinski definition) is 1. The van der Waals surface area contributed by atoms with E-state index in [-0.39, 0.29) is 17.1 Å². The zero-order valence-electron chi connectivity index (χ0n) is 24.5. The highest BCUT2D eigenvalue weighted by molar-refractivity contribution is 5.01. The molecule has 0 aromatic heterocycles. The van der Waals surface area contributed by atoms with Crippen LogP contribution in [0.2, 0.25) is 0 Å². The summed E-state index contributed by atoms with van der Waals surface area (Å²) in [5, 5.41) is 9.19. The van der Waals surface area contributed by atoms with Gasteiger partial charge in [0.2, 0.25) is 0 Å². The minimum absolute atomic E-state index is 0.0642. The van der Waals surface area contributed by atoms with Gasteiger partial charge in [-0.1, -0.05) is 83.4 Å². The summed E-state index contributed by atoms with van der Waals surface area (Å²) < 4.78 is 5.25. The Morgan fingerprint density at radius 2 is 1.31 bits per heavy atom. The molecule has 1 heterocycles. The molecule has 1 aliphatic heterocycles. The Labute approximate surface area is 203 Å². The molecule has 1 rings (SSSR count). The molecule has 1 saturated heterocycles. The van der Waals surface area contributed by atoms with Crippen LogP contribution in [-0.4, -0.2) is 22.9 Å². The van der Waals surface area contributed by atoms with Crippen LogP contribution in [0, 0.1) is 5.41 Å². The maximum Gasteiger partial charge on any atom is 0.0892 e. The van der Waals surface area contributed by atoms with E-state index in [9.17, 15) is 5.11 Å². The van der Waals surface area contributed by atoms with Gasteiger partial charge in [0.05, 0.1) is 17.8 Å². The molecule has 1 fully saturated rings. The lowest BCUT2D eigenvalue weighted by Gasteiger charge is -2.24. The van der Waals surface area contributed by atoms with Gasteiger partial charge >= 0.3 is 0 Å². The number of hydrogen-bond acceptors (Lipinski definition) is 2. The molecule has 0 amide bonds. The lowest BCUT2D eigenvalue weighted by molar-refractivity contribution is 0.0600. The summed E-state index contributed by atoms with van der Waals surface area (Å²) in [6.45, 7) is 29.6. The van der Waals surface area contributed by atoms with Gasteiger partial charge in [0.15, 0.2) is 0 Å². The molecule has 2 heteroatoms. The molecule has 32 heavy (non-hydrogen) atoms. The average Bonchev–Trinajstić information content (AvgIpc) is 3.28. The van der Waals surface area contributed by atoms with Crippen molar-refractivity contribution in [3.05, 3.63) is 34.9 Å². The molecule has 2 unspecified atom stereocenters. The smallest absolute Gasteiger partial charge is 0.0892 e. The van der Waals surface area contributed by atoms with E-state index in [0.717, 1.165) is 12.8 Å². The lowest BCUT2D eigenvalue weighted by atomic mass is 9.88. The highest BCUT2D eigenvalue weighted by atomic mass is 16.6. The van der Waals surface area contributed by atoms with Crippen LogP contribution in [0.1, 0.15) is 135 Å². The number of aliphatic hydroxyl groups excluding tert-OH is 1. The second-order valence-electron chi connectivity index (χ2n) is 10.9. The molecule has 1 aliphatic rings. The van der Waals surface area contributed by atoms with E-state index >= 15 is 0 Å². The van der Waals surface area contributed by atoms with Gasteiger partial charge in [0, 0.05) is 0 Å². The first kappa shape index (κ1) is 35.7. The summed E-state index contributed by atoms with van der Waals surface area (Å²) in [6, 6.07) is 0. The van der Waals surface area contributed by atoms with Crippen molar-refractivity contribution in [2.75, 3.05) is 0 Å². The summed E-state index contributed by atoms with van der Waals surface area (Å²) in [5.74, 6) is 0. The van der Waals surface area contributed by atoms with Crippen molar-refractivity contribution in [2.45, 2.75) is 153 Å². The Hall–Kier alpha value is -0.860. The van der Waals surface area contributed by atoms with Crippen LogP contribution in [-0.2, 0) is 4.74 Å². The Kier molecular flexibility index (Phi) is 21.9. The quantitative estimate of drug-likeness (QED) is 0.308. The third-order valence-corrected chi connectivity index (χ3v) is 5.18. The predicted octanol–water partition coefficient (Wildman–Crippen LogP) is 9.83. The minimum Gasteiger partial charge on any atom is -0.393 e. The molecule has 0 aromatic carbocycles. The minimum atomic E-state index is -0.150. The number of epoxide rings is 1. The largest absolute Gasteiger partial charge is 0.393 e.